The number of para-hydroxylation sites is 5. The highest BCUT2D eigenvalue weighted by atomic mass is 16.5. The van der Waals surface area contributed by atoms with Crippen LogP contribution in [0.3, 0.4) is 0 Å². The zero-order valence-electron chi connectivity index (χ0n) is 30.2. The van der Waals surface area contributed by atoms with Crippen LogP contribution >= 0.6 is 0 Å². The molecule has 262 valence electrons. The first-order valence-electron chi connectivity index (χ1n) is 18.8. The highest BCUT2D eigenvalue weighted by Gasteiger charge is 2.34. The number of rotatable bonds is 6. The molecule has 0 N–H and O–H groups in total. The summed E-state index contributed by atoms with van der Waals surface area (Å²) >= 11 is 0. The molecule has 0 saturated heterocycles. The summed E-state index contributed by atoms with van der Waals surface area (Å²) in [7, 11) is 0. The van der Waals surface area contributed by atoms with E-state index < -0.39 is 0 Å². The van der Waals surface area contributed by atoms with Crippen molar-refractivity contribution in [2.24, 2.45) is 0 Å². The van der Waals surface area contributed by atoms with E-state index in [0.717, 1.165) is 74.8 Å². The van der Waals surface area contributed by atoms with Crippen LogP contribution < -0.4 is 19.3 Å². The minimum Gasteiger partial charge on any atom is -0.453 e. The zero-order valence-corrected chi connectivity index (χ0v) is 30.2. The molecule has 8 aromatic carbocycles. The van der Waals surface area contributed by atoms with Gasteiger partial charge in [-0.25, -0.2) is 0 Å². The molecule has 3 heterocycles. The molecule has 55 heavy (non-hydrogen) atoms. The molecule has 0 fully saturated rings. The maximum atomic E-state index is 6.58. The van der Waals surface area contributed by atoms with Crippen molar-refractivity contribution < 1.29 is 9.47 Å². The number of hydrogen-bond donors (Lipinski definition) is 0. The lowest BCUT2D eigenvalue weighted by Crippen LogP contribution is -2.20. The van der Waals surface area contributed by atoms with Gasteiger partial charge in [0.25, 0.3) is 0 Å². The van der Waals surface area contributed by atoms with Gasteiger partial charge in [0.1, 0.15) is 5.69 Å². The Morgan fingerprint density at radius 2 is 1.11 bits per heavy atom. The minimum absolute atomic E-state index is 0.777. The number of aryl methyl sites for hydroxylation is 1. The van der Waals surface area contributed by atoms with Gasteiger partial charge in [0.15, 0.2) is 23.0 Å². The Labute approximate surface area is 319 Å². The summed E-state index contributed by atoms with van der Waals surface area (Å²) in [6.07, 6.45) is 0. The number of nitrogens with zero attached hydrogens (tertiary/aromatic N) is 3. The number of ether oxygens (including phenoxy) is 2. The summed E-state index contributed by atoms with van der Waals surface area (Å²) < 4.78 is 15.3. The van der Waals surface area contributed by atoms with E-state index >= 15 is 0 Å². The molecule has 0 unspecified atom stereocenters. The van der Waals surface area contributed by atoms with Gasteiger partial charge in [-0.3, -0.25) is 4.90 Å². The highest BCUT2D eigenvalue weighted by molar-refractivity contribution is 6.09. The highest BCUT2D eigenvalue weighted by Crippen LogP contribution is 2.59. The predicted molar refractivity (Wildman–Crippen MR) is 226 cm³/mol. The predicted octanol–water partition coefficient (Wildman–Crippen LogP) is 14.3. The van der Waals surface area contributed by atoms with Crippen LogP contribution in [0.15, 0.2) is 182 Å². The van der Waals surface area contributed by atoms with Crippen molar-refractivity contribution in [2.45, 2.75) is 13.5 Å². The Hall–Kier alpha value is -7.24. The Bertz CT molecular complexity index is 2930. The molecule has 2 aliphatic rings. The number of benzene rings is 8. The van der Waals surface area contributed by atoms with Crippen molar-refractivity contribution >= 4 is 55.9 Å². The third-order valence-electron chi connectivity index (χ3n) is 11.0. The Kier molecular flexibility index (Phi) is 7.07. The zero-order chi connectivity index (χ0) is 36.5. The SMILES string of the molecule is CCn1c2ccccc2c2ccc(N(c3ccc(-c4ccc5c(c4)Oc4cccc6c4N5c4ccccc4O6)cc3)c3ccccc3-c3ccccc3)cc21. The molecule has 0 bridgehead atoms. The van der Waals surface area contributed by atoms with Crippen molar-refractivity contribution in [3.05, 3.63) is 182 Å². The van der Waals surface area contributed by atoms with E-state index in [9.17, 15) is 0 Å². The summed E-state index contributed by atoms with van der Waals surface area (Å²) in [5.74, 6) is 3.20. The summed E-state index contributed by atoms with van der Waals surface area (Å²) in [4.78, 5) is 4.65. The fourth-order valence-electron chi connectivity index (χ4n) is 8.46. The van der Waals surface area contributed by atoms with Crippen LogP contribution in [-0.4, -0.2) is 4.57 Å². The van der Waals surface area contributed by atoms with Crippen molar-refractivity contribution in [1.82, 2.24) is 4.57 Å². The quantitative estimate of drug-likeness (QED) is 0.172. The molecule has 5 heteroatoms. The fraction of sp³-hybridized carbons (Fsp3) is 0.0400. The van der Waals surface area contributed by atoms with Gasteiger partial charge in [-0.1, -0.05) is 109 Å². The molecule has 9 aromatic rings. The van der Waals surface area contributed by atoms with E-state index in [1.807, 2.05) is 36.4 Å². The average Bonchev–Trinajstić information content (AvgIpc) is 3.57. The van der Waals surface area contributed by atoms with Crippen molar-refractivity contribution in [1.29, 1.82) is 0 Å². The molecule has 11 rings (SSSR count). The maximum Gasteiger partial charge on any atom is 0.155 e. The molecule has 1 aromatic heterocycles. The van der Waals surface area contributed by atoms with Crippen LogP contribution in [0.1, 0.15) is 6.92 Å². The first-order chi connectivity index (χ1) is 27.2. The second kappa shape index (κ2) is 12.4. The van der Waals surface area contributed by atoms with Gasteiger partial charge in [0.2, 0.25) is 0 Å². The molecule has 2 aliphatic heterocycles. The lowest BCUT2D eigenvalue weighted by Gasteiger charge is -2.37. The number of anilines is 6. The van der Waals surface area contributed by atoms with Gasteiger partial charge < -0.3 is 18.9 Å². The summed E-state index contributed by atoms with van der Waals surface area (Å²) in [6.45, 7) is 3.11. The first kappa shape index (κ1) is 31.3. The van der Waals surface area contributed by atoms with Gasteiger partial charge in [-0.05, 0) is 96.4 Å². The normalized spacial score (nSPS) is 12.4. The standard InChI is InChI=1S/C50H35N3O2/c1-2-51-41-17-8-7-16-39(41)40-29-28-37(32-45(40)51)52(42-18-9-6-15-38(42)34-13-4-3-5-14-34)36-26-23-33(24-27-36)35-25-30-44-49(31-35)55-48-22-12-21-47-50(48)53(44)43-19-10-11-20-46(43)54-47/h3-32H,2H2,1H3. The summed E-state index contributed by atoms with van der Waals surface area (Å²) in [5, 5.41) is 2.55. The Morgan fingerprint density at radius 1 is 0.455 bits per heavy atom. The van der Waals surface area contributed by atoms with Crippen LogP contribution in [-0.2, 0) is 6.54 Å². The molecule has 0 saturated carbocycles. The smallest absolute Gasteiger partial charge is 0.155 e. The lowest BCUT2D eigenvalue weighted by molar-refractivity contribution is 0.446. The van der Waals surface area contributed by atoms with Crippen molar-refractivity contribution in [2.75, 3.05) is 9.80 Å². The lowest BCUT2D eigenvalue weighted by atomic mass is 10.00. The molecular weight excluding hydrogens is 675 g/mol. The topological polar surface area (TPSA) is 29.9 Å². The van der Waals surface area contributed by atoms with Crippen LogP contribution in [0.5, 0.6) is 23.0 Å². The van der Waals surface area contributed by atoms with E-state index in [1.54, 1.807) is 0 Å². The third-order valence-corrected chi connectivity index (χ3v) is 11.0. The molecule has 0 amide bonds. The maximum absolute atomic E-state index is 6.58. The number of fused-ring (bicyclic) bond motifs is 7. The minimum atomic E-state index is 0.777. The second-order valence-electron chi connectivity index (χ2n) is 14.0. The molecule has 0 atom stereocenters. The molecule has 0 radical (unpaired) electrons. The van der Waals surface area contributed by atoms with Gasteiger partial charge in [-0.15, -0.1) is 0 Å². The largest absolute Gasteiger partial charge is 0.453 e. The monoisotopic (exact) mass is 709 g/mol. The number of aromatic nitrogens is 1. The summed E-state index contributed by atoms with van der Waals surface area (Å²) in [6, 6.07) is 64.5. The molecule has 0 spiro atoms. The van der Waals surface area contributed by atoms with E-state index in [4.69, 9.17) is 9.47 Å². The third kappa shape index (κ3) is 4.94. The molecule has 0 aliphatic carbocycles. The van der Waals surface area contributed by atoms with Gasteiger partial charge in [0.05, 0.1) is 22.6 Å². The van der Waals surface area contributed by atoms with Crippen LogP contribution in [0.4, 0.5) is 34.1 Å². The Morgan fingerprint density at radius 3 is 1.96 bits per heavy atom. The molecular formula is C50H35N3O2. The fourth-order valence-corrected chi connectivity index (χ4v) is 8.46. The van der Waals surface area contributed by atoms with Gasteiger partial charge in [-0.2, -0.15) is 0 Å². The second-order valence-corrected chi connectivity index (χ2v) is 14.0. The van der Waals surface area contributed by atoms with Crippen LogP contribution in [0.2, 0.25) is 0 Å². The number of hydrogen-bond acceptors (Lipinski definition) is 4. The van der Waals surface area contributed by atoms with Crippen LogP contribution in [0, 0.1) is 0 Å². The van der Waals surface area contributed by atoms with Crippen molar-refractivity contribution in [3.63, 3.8) is 0 Å². The van der Waals surface area contributed by atoms with E-state index in [1.165, 1.54) is 32.9 Å². The van der Waals surface area contributed by atoms with E-state index in [2.05, 4.69) is 167 Å². The van der Waals surface area contributed by atoms with Gasteiger partial charge >= 0.3 is 0 Å². The first-order valence-corrected chi connectivity index (χ1v) is 18.8. The van der Waals surface area contributed by atoms with E-state index in [0.29, 0.717) is 0 Å². The van der Waals surface area contributed by atoms with E-state index in [-0.39, 0.29) is 0 Å². The van der Waals surface area contributed by atoms with Gasteiger partial charge in [0, 0.05) is 39.8 Å². The van der Waals surface area contributed by atoms with Crippen molar-refractivity contribution in [3.8, 4) is 45.3 Å². The molecule has 5 nitrogen and oxygen atoms in total. The Balaban J connectivity index is 1.03. The van der Waals surface area contributed by atoms with Crippen LogP contribution in [0.25, 0.3) is 44.1 Å². The average molecular weight is 710 g/mol. The summed E-state index contributed by atoms with van der Waals surface area (Å²) in [5.41, 5.74) is 13.2.